The molecule has 2 unspecified atom stereocenters. The minimum Gasteiger partial charge on any atom is -0.388 e. The molecule has 1 N–H and O–H groups in total. The van der Waals surface area contributed by atoms with Crippen molar-refractivity contribution in [2.75, 3.05) is 0 Å². The third-order valence-electron chi connectivity index (χ3n) is 4.50. The lowest BCUT2D eigenvalue weighted by Gasteiger charge is -2.42. The van der Waals surface area contributed by atoms with Gasteiger partial charge in [-0.2, -0.15) is 5.26 Å². The Bertz CT molecular complexity index is 334. The molecule has 3 nitrogen and oxygen atoms in total. The zero-order valence-electron chi connectivity index (χ0n) is 9.83. The van der Waals surface area contributed by atoms with Crippen molar-refractivity contribution in [1.82, 2.24) is 0 Å². The Morgan fingerprint density at radius 3 is 2.44 bits per heavy atom. The number of nitriles is 1. The summed E-state index contributed by atoms with van der Waals surface area (Å²) in [6, 6.07) is 2.37. The summed E-state index contributed by atoms with van der Waals surface area (Å²) < 4.78 is 0. The number of carbonyl (C=O) groups is 1. The van der Waals surface area contributed by atoms with Crippen molar-refractivity contribution in [3.63, 3.8) is 0 Å². The van der Waals surface area contributed by atoms with Gasteiger partial charge in [0, 0.05) is 12.8 Å². The summed E-state index contributed by atoms with van der Waals surface area (Å²) in [5.41, 5.74) is -1.51. The van der Waals surface area contributed by atoms with Gasteiger partial charge in [0.1, 0.15) is 5.78 Å². The number of Topliss-reactive ketones (excluding diaryl/α,β-unsaturated/α-hetero) is 1. The molecule has 2 rings (SSSR count). The molecule has 16 heavy (non-hydrogen) atoms. The third kappa shape index (κ3) is 1.66. The summed E-state index contributed by atoms with van der Waals surface area (Å²) in [5.74, 6) is 0.741. The van der Waals surface area contributed by atoms with E-state index >= 15 is 0 Å². The summed E-state index contributed by atoms with van der Waals surface area (Å²) in [5, 5.41) is 20.1. The molecule has 2 aliphatic rings. The Morgan fingerprint density at radius 1 is 1.38 bits per heavy atom. The highest BCUT2D eigenvalue weighted by atomic mass is 16.3. The Morgan fingerprint density at radius 2 is 2.00 bits per heavy atom. The normalized spacial score (nSPS) is 38.3. The molecule has 2 aliphatic carbocycles. The van der Waals surface area contributed by atoms with Gasteiger partial charge in [0.2, 0.25) is 0 Å². The maximum Gasteiger partial charge on any atom is 0.133 e. The fourth-order valence-corrected chi connectivity index (χ4v) is 3.34. The first kappa shape index (κ1) is 11.6. The highest BCUT2D eigenvalue weighted by molar-refractivity contribution is 5.79. The van der Waals surface area contributed by atoms with Crippen molar-refractivity contribution < 1.29 is 9.90 Å². The highest BCUT2D eigenvalue weighted by Crippen LogP contribution is 2.53. The highest BCUT2D eigenvalue weighted by Gasteiger charge is 2.54. The number of carbonyl (C=O) groups excluding carboxylic acids is 1. The molecule has 88 valence electrons. The molecule has 2 saturated carbocycles. The van der Waals surface area contributed by atoms with Crippen molar-refractivity contribution in [2.45, 2.75) is 57.5 Å². The number of ketones is 1. The zero-order valence-corrected chi connectivity index (χ0v) is 9.83. The Balaban J connectivity index is 2.21. The van der Waals surface area contributed by atoms with Gasteiger partial charge in [-0.05, 0) is 38.0 Å². The second-order valence-electron chi connectivity index (χ2n) is 5.61. The van der Waals surface area contributed by atoms with E-state index in [0.717, 1.165) is 19.3 Å². The summed E-state index contributed by atoms with van der Waals surface area (Å²) in [6.07, 6.45) is 4.42. The first-order valence-corrected chi connectivity index (χ1v) is 6.17. The first-order chi connectivity index (χ1) is 7.51. The van der Waals surface area contributed by atoms with Crippen LogP contribution in [0.25, 0.3) is 0 Å². The number of aliphatic hydroxyl groups is 1. The molecule has 0 saturated heterocycles. The van der Waals surface area contributed by atoms with Crippen LogP contribution in [-0.4, -0.2) is 16.5 Å². The van der Waals surface area contributed by atoms with Crippen LogP contribution >= 0.6 is 0 Å². The molecule has 0 heterocycles. The molecule has 3 heteroatoms. The van der Waals surface area contributed by atoms with Crippen LogP contribution in [0.4, 0.5) is 0 Å². The van der Waals surface area contributed by atoms with E-state index in [1.54, 1.807) is 0 Å². The molecular formula is C13H19NO2. The van der Waals surface area contributed by atoms with E-state index in [4.69, 9.17) is 0 Å². The molecular weight excluding hydrogens is 202 g/mol. The van der Waals surface area contributed by atoms with Crippen LogP contribution in [0.2, 0.25) is 0 Å². The molecule has 0 aromatic heterocycles. The topological polar surface area (TPSA) is 61.1 Å². The lowest BCUT2D eigenvalue weighted by atomic mass is 9.64. The van der Waals surface area contributed by atoms with Gasteiger partial charge in [-0.15, -0.1) is 0 Å². The minimum absolute atomic E-state index is 0.226. The van der Waals surface area contributed by atoms with Crippen LogP contribution in [-0.2, 0) is 4.79 Å². The molecule has 0 bridgehead atoms. The van der Waals surface area contributed by atoms with Gasteiger partial charge in [0.15, 0.2) is 0 Å². The Labute approximate surface area is 96.5 Å². The molecule has 0 spiro atoms. The quantitative estimate of drug-likeness (QED) is 0.738. The maximum atomic E-state index is 11.2. The second kappa shape index (κ2) is 3.85. The van der Waals surface area contributed by atoms with E-state index in [2.05, 4.69) is 13.0 Å². The van der Waals surface area contributed by atoms with Gasteiger partial charge in [0.05, 0.1) is 17.1 Å². The van der Waals surface area contributed by atoms with Crippen molar-refractivity contribution >= 4 is 5.78 Å². The Hall–Kier alpha value is -0.880. The van der Waals surface area contributed by atoms with Crippen molar-refractivity contribution in [2.24, 2.45) is 11.3 Å². The lowest BCUT2D eigenvalue weighted by Crippen LogP contribution is -2.48. The average molecular weight is 221 g/mol. The second-order valence-corrected chi connectivity index (χ2v) is 5.61. The molecule has 2 atom stereocenters. The van der Waals surface area contributed by atoms with E-state index in [1.807, 2.05) is 0 Å². The van der Waals surface area contributed by atoms with Crippen LogP contribution in [0, 0.1) is 22.7 Å². The van der Waals surface area contributed by atoms with Crippen LogP contribution in [0.3, 0.4) is 0 Å². The number of nitrogens with zero attached hydrogens (tertiary/aromatic N) is 1. The predicted octanol–water partition coefficient (Wildman–Crippen LogP) is 2.19. The van der Waals surface area contributed by atoms with E-state index < -0.39 is 11.0 Å². The average Bonchev–Trinajstić information content (AvgIpc) is 2.66. The summed E-state index contributed by atoms with van der Waals surface area (Å²) in [4.78, 5) is 11.2. The van der Waals surface area contributed by atoms with Gasteiger partial charge in [0.25, 0.3) is 0 Å². The van der Waals surface area contributed by atoms with Crippen molar-refractivity contribution in [1.29, 1.82) is 5.26 Å². The molecule has 0 aromatic carbocycles. The molecule has 0 radical (unpaired) electrons. The molecule has 0 aromatic rings. The fourth-order valence-electron chi connectivity index (χ4n) is 3.34. The van der Waals surface area contributed by atoms with Crippen LogP contribution in [0.1, 0.15) is 51.9 Å². The summed E-state index contributed by atoms with van der Waals surface area (Å²) in [7, 11) is 0. The molecule has 0 aliphatic heterocycles. The first-order valence-electron chi connectivity index (χ1n) is 6.17. The van der Waals surface area contributed by atoms with Crippen LogP contribution < -0.4 is 0 Å². The number of hydrogen-bond donors (Lipinski definition) is 1. The van der Waals surface area contributed by atoms with Gasteiger partial charge < -0.3 is 5.11 Å². The monoisotopic (exact) mass is 221 g/mol. The summed E-state index contributed by atoms with van der Waals surface area (Å²) >= 11 is 0. The van der Waals surface area contributed by atoms with Gasteiger partial charge >= 0.3 is 0 Å². The largest absolute Gasteiger partial charge is 0.388 e. The van der Waals surface area contributed by atoms with Gasteiger partial charge in [-0.3, -0.25) is 4.79 Å². The Kier molecular flexibility index (Phi) is 2.79. The third-order valence-corrected chi connectivity index (χ3v) is 4.50. The van der Waals surface area contributed by atoms with E-state index in [0.29, 0.717) is 31.6 Å². The fraction of sp³-hybridized carbons (Fsp3) is 0.846. The smallest absolute Gasteiger partial charge is 0.133 e. The SMILES string of the molecule is CC1CCC(C#N)(C2(O)CCC(=O)CC2)C1. The van der Waals surface area contributed by atoms with Crippen LogP contribution in [0.5, 0.6) is 0 Å². The molecule has 0 amide bonds. The molecule has 2 fully saturated rings. The van der Waals surface area contributed by atoms with Gasteiger partial charge in [-0.25, -0.2) is 0 Å². The van der Waals surface area contributed by atoms with Gasteiger partial charge in [-0.1, -0.05) is 6.92 Å². The zero-order chi connectivity index (χ0) is 11.8. The maximum absolute atomic E-state index is 11.2. The van der Waals surface area contributed by atoms with E-state index in [-0.39, 0.29) is 5.78 Å². The lowest BCUT2D eigenvalue weighted by molar-refractivity contribution is -0.132. The van der Waals surface area contributed by atoms with E-state index in [9.17, 15) is 15.2 Å². The van der Waals surface area contributed by atoms with Crippen molar-refractivity contribution in [3.8, 4) is 6.07 Å². The predicted molar refractivity (Wildman–Crippen MR) is 59.5 cm³/mol. The minimum atomic E-state index is -0.916. The number of hydrogen-bond acceptors (Lipinski definition) is 3. The number of rotatable bonds is 1. The van der Waals surface area contributed by atoms with Crippen LogP contribution in [0.15, 0.2) is 0 Å². The van der Waals surface area contributed by atoms with E-state index in [1.165, 1.54) is 0 Å². The summed E-state index contributed by atoms with van der Waals surface area (Å²) in [6.45, 7) is 2.14. The van der Waals surface area contributed by atoms with Crippen molar-refractivity contribution in [3.05, 3.63) is 0 Å². The standard InChI is InChI=1S/C13H19NO2/c1-10-2-5-12(8-10,9-14)13(16)6-3-11(15)4-7-13/h10,16H,2-8H2,1H3.